The van der Waals surface area contributed by atoms with Gasteiger partial charge in [-0.2, -0.15) is 0 Å². The number of fused-ring (bicyclic) bond motifs is 5. The molecule has 0 aromatic rings. The molecule has 2 saturated heterocycles. The van der Waals surface area contributed by atoms with Crippen LogP contribution in [0, 0.1) is 28.6 Å². The third kappa shape index (κ3) is 2.76. The first-order chi connectivity index (χ1) is 13.8. The van der Waals surface area contributed by atoms with Crippen LogP contribution in [0.15, 0.2) is 11.6 Å². The molecule has 0 aromatic heterocycles. The van der Waals surface area contributed by atoms with Crippen LogP contribution in [-0.2, 0) is 13.9 Å². The summed E-state index contributed by atoms with van der Waals surface area (Å²) >= 11 is 0. The highest BCUT2D eigenvalue weighted by Gasteiger charge is 2.61. The van der Waals surface area contributed by atoms with Gasteiger partial charge in [0, 0.05) is 32.6 Å². The van der Waals surface area contributed by atoms with Crippen molar-refractivity contribution in [2.24, 2.45) is 28.6 Å². The zero-order valence-electron chi connectivity index (χ0n) is 17.9. The fourth-order valence-corrected chi connectivity index (χ4v) is 10.2. The normalized spacial score (nSPS) is 47.2. The number of allylic oxidation sites excluding steroid dienone is 1. The maximum Gasteiger partial charge on any atom is 0.346 e. The van der Waals surface area contributed by atoms with Gasteiger partial charge in [0.25, 0.3) is 0 Å². The Morgan fingerprint density at radius 3 is 2.38 bits per heavy atom. The van der Waals surface area contributed by atoms with E-state index >= 15 is 0 Å². The summed E-state index contributed by atoms with van der Waals surface area (Å²) in [6.45, 7) is 8.60. The summed E-state index contributed by atoms with van der Waals surface area (Å²) in [6.07, 6.45) is 10.9. The van der Waals surface area contributed by atoms with E-state index in [1.807, 2.05) is 6.08 Å². The molecule has 0 radical (unpaired) electrons. The van der Waals surface area contributed by atoms with Crippen LogP contribution in [-0.4, -0.2) is 47.4 Å². The van der Waals surface area contributed by atoms with E-state index in [1.54, 1.807) is 0 Å². The molecule has 2 heterocycles. The molecule has 6 heteroatoms. The molecule has 2 aliphatic heterocycles. The summed E-state index contributed by atoms with van der Waals surface area (Å²) < 4.78 is 24.4. The van der Waals surface area contributed by atoms with Crippen LogP contribution in [0.25, 0.3) is 0 Å². The standard InChI is InChI=1S/C23H35N2O3P/c1-22-9-7-17(26)15-16(22)3-4-18-19-5-6-21(23(19,2)10-8-20(18)22)28-29(27,24-11-12-24)25-13-14-25/h15,18-21H,3-14H2,1-2H3/t18-,19-,20+,21+,22-,23+/m0/s1. The van der Waals surface area contributed by atoms with Gasteiger partial charge >= 0.3 is 7.67 Å². The Kier molecular flexibility index (Phi) is 4.16. The molecule has 0 amide bonds. The number of hydrogen-bond acceptors (Lipinski definition) is 3. The third-order valence-electron chi connectivity index (χ3n) is 9.70. The molecule has 6 rings (SSSR count). The zero-order valence-corrected chi connectivity index (χ0v) is 18.8. The lowest BCUT2D eigenvalue weighted by Crippen LogP contribution is -2.51. The van der Waals surface area contributed by atoms with Crippen LogP contribution in [0.5, 0.6) is 0 Å². The van der Waals surface area contributed by atoms with Gasteiger partial charge in [-0.25, -0.2) is 9.34 Å². The SMILES string of the molecule is C[C@@]12CC[C@@H]3[C@@H](CCC4=CC(=O)CC[C@@]43C)[C@@H]1CC[C@H]2OP(=O)(N1CC1)N1CC1. The third-order valence-corrected chi connectivity index (χ3v) is 12.5. The second-order valence-corrected chi connectivity index (χ2v) is 13.4. The van der Waals surface area contributed by atoms with Crippen molar-refractivity contribution >= 4 is 13.5 Å². The Hall–Kier alpha value is -0.480. The van der Waals surface area contributed by atoms with Crippen LogP contribution in [0.2, 0.25) is 0 Å². The largest absolute Gasteiger partial charge is 0.346 e. The number of nitrogens with zero attached hydrogens (tertiary/aromatic N) is 2. The molecule has 0 bridgehead atoms. The lowest BCUT2D eigenvalue weighted by atomic mass is 9.47. The Bertz CT molecular complexity index is 803. The number of ketones is 1. The second kappa shape index (κ2) is 6.28. The van der Waals surface area contributed by atoms with Gasteiger partial charge in [-0.1, -0.05) is 19.4 Å². The maximum absolute atomic E-state index is 13.7. The van der Waals surface area contributed by atoms with Crippen molar-refractivity contribution in [3.63, 3.8) is 0 Å². The van der Waals surface area contributed by atoms with Crippen molar-refractivity contribution in [2.45, 2.75) is 71.3 Å². The summed E-state index contributed by atoms with van der Waals surface area (Å²) in [5, 5.41) is 0. The molecule has 0 N–H and O–H groups in total. The molecule has 5 fully saturated rings. The summed E-state index contributed by atoms with van der Waals surface area (Å²) in [6, 6.07) is 0. The minimum absolute atomic E-state index is 0.137. The number of carbonyl (C=O) groups excluding carboxylic acids is 1. The molecule has 6 aliphatic rings. The van der Waals surface area contributed by atoms with Crippen LogP contribution in [0.3, 0.4) is 0 Å². The van der Waals surface area contributed by atoms with Crippen molar-refractivity contribution in [3.05, 3.63) is 11.6 Å². The topological polar surface area (TPSA) is 49.4 Å². The number of carbonyl (C=O) groups is 1. The molecule has 29 heavy (non-hydrogen) atoms. The van der Waals surface area contributed by atoms with E-state index in [0.29, 0.717) is 17.6 Å². The molecule has 4 aliphatic carbocycles. The van der Waals surface area contributed by atoms with Gasteiger partial charge in [0.2, 0.25) is 0 Å². The van der Waals surface area contributed by atoms with Crippen molar-refractivity contribution in [1.82, 2.24) is 9.34 Å². The van der Waals surface area contributed by atoms with Crippen LogP contribution < -0.4 is 0 Å². The minimum Gasteiger partial charge on any atom is -0.302 e. The molecule has 3 saturated carbocycles. The summed E-state index contributed by atoms with van der Waals surface area (Å²) in [4.78, 5) is 12.0. The van der Waals surface area contributed by atoms with E-state index in [-0.39, 0.29) is 16.9 Å². The van der Waals surface area contributed by atoms with E-state index in [0.717, 1.165) is 57.8 Å². The first-order valence-electron chi connectivity index (χ1n) is 11.9. The molecular formula is C23H35N2O3P. The van der Waals surface area contributed by atoms with Gasteiger partial charge in [0.15, 0.2) is 5.78 Å². The smallest absolute Gasteiger partial charge is 0.302 e. The monoisotopic (exact) mass is 418 g/mol. The Balaban J connectivity index is 1.26. The van der Waals surface area contributed by atoms with Crippen LogP contribution in [0.1, 0.15) is 65.2 Å². The van der Waals surface area contributed by atoms with Crippen molar-refractivity contribution in [1.29, 1.82) is 0 Å². The second-order valence-electron chi connectivity index (χ2n) is 11.1. The summed E-state index contributed by atoms with van der Waals surface area (Å²) in [5.74, 6) is 2.46. The van der Waals surface area contributed by atoms with Gasteiger partial charge in [0.05, 0.1) is 6.10 Å². The summed E-state index contributed by atoms with van der Waals surface area (Å²) in [5.41, 5.74) is 1.83. The Labute approximate surface area is 174 Å². The molecule has 5 nitrogen and oxygen atoms in total. The molecule has 0 spiro atoms. The zero-order chi connectivity index (χ0) is 20.0. The lowest BCUT2D eigenvalue weighted by molar-refractivity contribution is -0.117. The van der Waals surface area contributed by atoms with Gasteiger partial charge in [0.1, 0.15) is 0 Å². The Morgan fingerprint density at radius 2 is 1.69 bits per heavy atom. The van der Waals surface area contributed by atoms with E-state index in [9.17, 15) is 9.36 Å². The van der Waals surface area contributed by atoms with E-state index in [1.165, 1.54) is 31.3 Å². The summed E-state index contributed by atoms with van der Waals surface area (Å²) in [7, 11) is -2.76. The van der Waals surface area contributed by atoms with E-state index in [4.69, 9.17) is 4.52 Å². The van der Waals surface area contributed by atoms with Crippen molar-refractivity contribution < 1.29 is 13.9 Å². The van der Waals surface area contributed by atoms with Crippen LogP contribution in [0.4, 0.5) is 0 Å². The highest BCUT2D eigenvalue weighted by molar-refractivity contribution is 7.54. The fourth-order valence-electron chi connectivity index (χ4n) is 7.76. The highest BCUT2D eigenvalue weighted by atomic mass is 31.2. The van der Waals surface area contributed by atoms with Crippen molar-refractivity contribution in [2.75, 3.05) is 26.2 Å². The van der Waals surface area contributed by atoms with Crippen molar-refractivity contribution in [3.8, 4) is 0 Å². The quantitative estimate of drug-likeness (QED) is 0.492. The maximum atomic E-state index is 13.7. The molecular weight excluding hydrogens is 383 g/mol. The van der Waals surface area contributed by atoms with Gasteiger partial charge < -0.3 is 4.52 Å². The Morgan fingerprint density at radius 1 is 0.966 bits per heavy atom. The van der Waals surface area contributed by atoms with E-state index < -0.39 is 7.67 Å². The predicted octanol–water partition coefficient (Wildman–Crippen LogP) is 4.64. The minimum atomic E-state index is -2.76. The van der Waals surface area contributed by atoms with Crippen LogP contribution >= 0.6 is 7.67 Å². The number of rotatable bonds is 4. The predicted molar refractivity (Wildman–Crippen MR) is 112 cm³/mol. The molecule has 0 unspecified atom stereocenters. The lowest BCUT2D eigenvalue weighted by Gasteiger charge is -2.58. The number of hydrogen-bond donors (Lipinski definition) is 0. The average Bonchev–Trinajstić information content (AvgIpc) is 3.59. The molecule has 160 valence electrons. The van der Waals surface area contributed by atoms with Gasteiger partial charge in [-0.15, -0.1) is 0 Å². The highest BCUT2D eigenvalue weighted by Crippen LogP contribution is 2.69. The molecule has 0 aromatic carbocycles. The first-order valence-corrected chi connectivity index (χ1v) is 13.4. The van der Waals surface area contributed by atoms with Gasteiger partial charge in [-0.3, -0.25) is 9.36 Å². The first kappa shape index (κ1) is 19.2. The fraction of sp³-hybridized carbons (Fsp3) is 0.870. The average molecular weight is 419 g/mol. The van der Waals surface area contributed by atoms with Gasteiger partial charge in [-0.05, 0) is 79.6 Å². The van der Waals surface area contributed by atoms with E-state index in [2.05, 4.69) is 23.2 Å². The molecule has 6 atom stereocenters.